The summed E-state index contributed by atoms with van der Waals surface area (Å²) in [6.45, 7) is 1.45. The van der Waals surface area contributed by atoms with Gasteiger partial charge in [-0.15, -0.1) is 24.0 Å². The van der Waals surface area contributed by atoms with Crippen molar-refractivity contribution in [3.63, 3.8) is 0 Å². The molecular weight excluding hydrogens is 456 g/mol. The Balaban J connectivity index is 0.00000261. The standard InChI is InChI=1S/C21H26FN3O.HI/c1-23-20(24-13-10-16-6-5-7-17(14-16)26-2)25-15-21(11-12-21)18-8-3-4-9-19(18)22;/h3-9,14H,10-13,15H2,1-2H3,(H2,23,24,25);1H. The molecule has 6 heteroatoms. The van der Waals surface area contributed by atoms with E-state index in [1.54, 1.807) is 20.2 Å². The van der Waals surface area contributed by atoms with Crippen LogP contribution in [0.4, 0.5) is 4.39 Å². The van der Waals surface area contributed by atoms with E-state index in [-0.39, 0.29) is 35.2 Å². The van der Waals surface area contributed by atoms with Crippen molar-refractivity contribution < 1.29 is 9.13 Å². The van der Waals surface area contributed by atoms with Crippen LogP contribution in [-0.2, 0) is 11.8 Å². The quantitative estimate of drug-likeness (QED) is 0.357. The average molecular weight is 483 g/mol. The second kappa shape index (κ2) is 9.92. The minimum atomic E-state index is -0.118. The van der Waals surface area contributed by atoms with Gasteiger partial charge < -0.3 is 15.4 Å². The lowest BCUT2D eigenvalue weighted by Gasteiger charge is -2.19. The Kier molecular flexibility index (Phi) is 7.89. The summed E-state index contributed by atoms with van der Waals surface area (Å²) in [5.41, 5.74) is 1.91. The Morgan fingerprint density at radius 2 is 1.93 bits per heavy atom. The van der Waals surface area contributed by atoms with Gasteiger partial charge in [0.15, 0.2) is 5.96 Å². The normalized spacial score (nSPS) is 14.9. The van der Waals surface area contributed by atoms with E-state index in [2.05, 4.69) is 21.7 Å². The zero-order valence-electron chi connectivity index (χ0n) is 15.8. The molecule has 0 radical (unpaired) electrons. The predicted molar refractivity (Wildman–Crippen MR) is 119 cm³/mol. The Morgan fingerprint density at radius 3 is 2.59 bits per heavy atom. The van der Waals surface area contributed by atoms with Crippen molar-refractivity contribution in [3.8, 4) is 5.75 Å². The fraction of sp³-hybridized carbons (Fsp3) is 0.381. The number of hydrogen-bond donors (Lipinski definition) is 2. The smallest absolute Gasteiger partial charge is 0.191 e. The molecule has 1 fully saturated rings. The zero-order chi connectivity index (χ0) is 18.4. The van der Waals surface area contributed by atoms with Gasteiger partial charge in [0, 0.05) is 25.6 Å². The van der Waals surface area contributed by atoms with E-state index in [4.69, 9.17) is 4.74 Å². The van der Waals surface area contributed by atoms with Crippen molar-refractivity contribution in [1.82, 2.24) is 10.6 Å². The summed E-state index contributed by atoms with van der Waals surface area (Å²) < 4.78 is 19.4. The van der Waals surface area contributed by atoms with Crippen LogP contribution in [0.25, 0.3) is 0 Å². The lowest BCUT2D eigenvalue weighted by Crippen LogP contribution is -2.42. The molecule has 2 aromatic carbocycles. The summed E-state index contributed by atoms with van der Waals surface area (Å²) >= 11 is 0. The molecule has 0 saturated heterocycles. The van der Waals surface area contributed by atoms with Crippen molar-refractivity contribution in [1.29, 1.82) is 0 Å². The van der Waals surface area contributed by atoms with Crippen molar-refractivity contribution in [2.24, 2.45) is 4.99 Å². The molecule has 3 rings (SSSR count). The van der Waals surface area contributed by atoms with Gasteiger partial charge in [-0.2, -0.15) is 0 Å². The van der Waals surface area contributed by atoms with Gasteiger partial charge in [-0.1, -0.05) is 30.3 Å². The van der Waals surface area contributed by atoms with Crippen LogP contribution in [0.5, 0.6) is 5.75 Å². The van der Waals surface area contributed by atoms with Gasteiger partial charge in [0.05, 0.1) is 7.11 Å². The van der Waals surface area contributed by atoms with Crippen molar-refractivity contribution in [2.75, 3.05) is 27.2 Å². The van der Waals surface area contributed by atoms with Gasteiger partial charge in [-0.3, -0.25) is 4.99 Å². The third kappa shape index (κ3) is 5.57. The number of methoxy groups -OCH3 is 1. The second-order valence-electron chi connectivity index (χ2n) is 6.71. The molecule has 0 heterocycles. The summed E-state index contributed by atoms with van der Waals surface area (Å²) in [5.74, 6) is 1.49. The molecule has 0 bridgehead atoms. The number of benzene rings is 2. The van der Waals surface area contributed by atoms with Crippen molar-refractivity contribution in [2.45, 2.75) is 24.7 Å². The van der Waals surface area contributed by atoms with E-state index >= 15 is 0 Å². The van der Waals surface area contributed by atoms with Gasteiger partial charge in [0.25, 0.3) is 0 Å². The molecule has 0 amide bonds. The highest BCUT2D eigenvalue weighted by atomic mass is 127. The first-order valence-corrected chi connectivity index (χ1v) is 8.99. The summed E-state index contributed by atoms with van der Waals surface area (Å²) in [6.07, 6.45) is 2.87. The molecule has 0 unspecified atom stereocenters. The highest BCUT2D eigenvalue weighted by molar-refractivity contribution is 14.0. The Bertz CT molecular complexity index is 778. The van der Waals surface area contributed by atoms with E-state index in [1.807, 2.05) is 30.3 Å². The van der Waals surface area contributed by atoms with Crippen LogP contribution in [0.2, 0.25) is 0 Å². The lowest BCUT2D eigenvalue weighted by molar-refractivity contribution is 0.414. The van der Waals surface area contributed by atoms with Gasteiger partial charge in [0.2, 0.25) is 0 Å². The topological polar surface area (TPSA) is 45.7 Å². The molecular formula is C21H27FIN3O. The Hall–Kier alpha value is -1.83. The largest absolute Gasteiger partial charge is 0.497 e. The third-order valence-corrected chi connectivity index (χ3v) is 4.96. The minimum absolute atomic E-state index is 0. The predicted octanol–water partition coefficient (Wildman–Crippen LogP) is 3.89. The van der Waals surface area contributed by atoms with Crippen LogP contribution in [0.15, 0.2) is 53.5 Å². The zero-order valence-corrected chi connectivity index (χ0v) is 18.1. The van der Waals surface area contributed by atoms with E-state index in [0.29, 0.717) is 6.54 Å². The van der Waals surface area contributed by atoms with Crippen LogP contribution in [-0.4, -0.2) is 33.2 Å². The molecule has 0 aromatic heterocycles. The summed E-state index contributed by atoms with van der Waals surface area (Å²) in [4.78, 5) is 4.28. The highest BCUT2D eigenvalue weighted by Gasteiger charge is 2.45. The lowest BCUT2D eigenvalue weighted by atomic mass is 9.95. The Labute approximate surface area is 177 Å². The minimum Gasteiger partial charge on any atom is -0.497 e. The molecule has 1 saturated carbocycles. The molecule has 146 valence electrons. The fourth-order valence-electron chi connectivity index (χ4n) is 3.21. The number of nitrogens with zero attached hydrogens (tertiary/aromatic N) is 1. The fourth-order valence-corrected chi connectivity index (χ4v) is 3.21. The van der Waals surface area contributed by atoms with Crippen LogP contribution in [0.3, 0.4) is 0 Å². The monoisotopic (exact) mass is 483 g/mol. The van der Waals surface area contributed by atoms with Gasteiger partial charge >= 0.3 is 0 Å². The highest BCUT2D eigenvalue weighted by Crippen LogP contribution is 2.48. The van der Waals surface area contributed by atoms with E-state index < -0.39 is 0 Å². The van der Waals surface area contributed by atoms with Gasteiger partial charge in [0.1, 0.15) is 11.6 Å². The van der Waals surface area contributed by atoms with E-state index in [9.17, 15) is 4.39 Å². The average Bonchev–Trinajstić information content (AvgIpc) is 3.46. The first-order valence-electron chi connectivity index (χ1n) is 8.99. The molecule has 0 spiro atoms. The summed E-state index contributed by atoms with van der Waals surface area (Å²) in [7, 11) is 3.43. The molecule has 0 aliphatic heterocycles. The van der Waals surface area contributed by atoms with Crippen LogP contribution >= 0.6 is 24.0 Å². The number of hydrogen-bond acceptors (Lipinski definition) is 2. The molecule has 2 N–H and O–H groups in total. The van der Waals surface area contributed by atoms with Gasteiger partial charge in [-0.05, 0) is 48.6 Å². The van der Waals surface area contributed by atoms with Crippen LogP contribution < -0.4 is 15.4 Å². The first kappa shape index (κ1) is 21.5. The van der Waals surface area contributed by atoms with Crippen molar-refractivity contribution >= 4 is 29.9 Å². The van der Waals surface area contributed by atoms with E-state index in [0.717, 1.165) is 43.1 Å². The summed E-state index contributed by atoms with van der Waals surface area (Å²) in [5, 5.41) is 6.68. The maximum absolute atomic E-state index is 14.1. The second-order valence-corrected chi connectivity index (χ2v) is 6.71. The number of ether oxygens (including phenoxy) is 1. The van der Waals surface area contributed by atoms with Crippen molar-refractivity contribution in [3.05, 3.63) is 65.5 Å². The van der Waals surface area contributed by atoms with Crippen LogP contribution in [0, 0.1) is 5.82 Å². The molecule has 4 nitrogen and oxygen atoms in total. The van der Waals surface area contributed by atoms with Gasteiger partial charge in [-0.25, -0.2) is 4.39 Å². The molecule has 2 aromatic rings. The number of guanidine groups is 1. The summed E-state index contributed by atoms with van der Waals surface area (Å²) in [6, 6.07) is 15.1. The van der Waals surface area contributed by atoms with E-state index in [1.165, 1.54) is 11.6 Å². The molecule has 27 heavy (non-hydrogen) atoms. The number of rotatable bonds is 7. The van der Waals surface area contributed by atoms with Crippen LogP contribution in [0.1, 0.15) is 24.0 Å². The number of aliphatic imine (C=N–C) groups is 1. The maximum Gasteiger partial charge on any atom is 0.191 e. The SMILES string of the molecule is CN=C(NCCc1cccc(OC)c1)NCC1(c2ccccc2F)CC1.I. The first-order chi connectivity index (χ1) is 12.7. The number of nitrogens with one attached hydrogen (secondary N) is 2. The molecule has 0 atom stereocenters. The maximum atomic E-state index is 14.1. The third-order valence-electron chi connectivity index (χ3n) is 4.96. The number of halogens is 2. The molecule has 1 aliphatic rings. The molecule has 1 aliphatic carbocycles. The Morgan fingerprint density at radius 1 is 1.15 bits per heavy atom.